The Hall–Kier alpha value is -1.39. The van der Waals surface area contributed by atoms with E-state index in [-0.39, 0.29) is 5.84 Å². The number of hydrogen-bond acceptors (Lipinski definition) is 3. The Kier molecular flexibility index (Phi) is 3.86. The van der Waals surface area contributed by atoms with Crippen LogP contribution in [0.4, 0.5) is 0 Å². The number of nitrogens with two attached hydrogens (primary N) is 1. The maximum atomic E-state index is 10.5. The minimum absolute atomic E-state index is 0.201. The second kappa shape index (κ2) is 4.49. The van der Waals surface area contributed by atoms with Crippen LogP contribution in [-0.2, 0) is 9.53 Å². The van der Waals surface area contributed by atoms with E-state index in [0.29, 0.717) is 0 Å². The molecule has 0 aliphatic heterocycles. The summed E-state index contributed by atoms with van der Waals surface area (Å²) in [5.74, 6) is -0.854. The number of methoxy groups -OCH3 is 1. The van der Waals surface area contributed by atoms with Crippen LogP contribution in [-0.4, -0.2) is 32.3 Å². The number of carbonyl (C=O) groups excluding carboxylic acids is 1. The van der Waals surface area contributed by atoms with E-state index in [2.05, 4.69) is 14.7 Å². The largest absolute Gasteiger partial charge is 0.463 e. The van der Waals surface area contributed by atoms with Crippen LogP contribution in [0, 0.1) is 0 Å². The van der Waals surface area contributed by atoms with Gasteiger partial charge >= 0.3 is 5.97 Å². The van der Waals surface area contributed by atoms with E-state index in [4.69, 9.17) is 5.73 Å². The zero-order valence-corrected chi connectivity index (χ0v) is 5.87. The fourth-order valence-corrected chi connectivity index (χ4v) is 0.277. The summed E-state index contributed by atoms with van der Waals surface area (Å²) >= 11 is 0. The van der Waals surface area contributed by atoms with Crippen molar-refractivity contribution in [3.8, 4) is 0 Å². The second-order valence-corrected chi connectivity index (χ2v) is 1.38. The number of carbonyl (C=O) groups is 1. The topological polar surface area (TPSA) is 77.0 Å². The van der Waals surface area contributed by atoms with Gasteiger partial charge in [-0.25, -0.2) is 9.79 Å². The maximum absolute atomic E-state index is 10.5. The van der Waals surface area contributed by atoms with E-state index in [1.165, 1.54) is 20.5 Å². The van der Waals surface area contributed by atoms with Gasteiger partial charge in [0.05, 0.1) is 7.11 Å². The van der Waals surface area contributed by atoms with Gasteiger partial charge in [0.15, 0.2) is 0 Å². The lowest BCUT2D eigenvalue weighted by Gasteiger charge is -1.93. The van der Waals surface area contributed by atoms with Crippen molar-refractivity contribution in [2.24, 2.45) is 15.7 Å². The van der Waals surface area contributed by atoms with Crippen molar-refractivity contribution < 1.29 is 9.53 Å². The SMILES string of the molecule is CN=CN=C(N)C(=O)OC. The van der Waals surface area contributed by atoms with Gasteiger partial charge in [0.2, 0.25) is 5.84 Å². The summed E-state index contributed by atoms with van der Waals surface area (Å²) in [7, 11) is 2.75. The molecule has 0 atom stereocenters. The highest BCUT2D eigenvalue weighted by atomic mass is 16.5. The molecule has 56 valence electrons. The molecule has 5 heteroatoms. The minimum atomic E-state index is -0.653. The van der Waals surface area contributed by atoms with Crippen molar-refractivity contribution in [3.05, 3.63) is 0 Å². The number of aliphatic imine (C=N–C) groups is 2. The van der Waals surface area contributed by atoms with Crippen molar-refractivity contribution >= 4 is 18.1 Å². The second-order valence-electron chi connectivity index (χ2n) is 1.38. The Morgan fingerprint density at radius 1 is 1.70 bits per heavy atom. The molecule has 0 amide bonds. The van der Waals surface area contributed by atoms with E-state index in [1.807, 2.05) is 0 Å². The Labute approximate surface area is 58.6 Å². The molecule has 0 bridgehead atoms. The van der Waals surface area contributed by atoms with Crippen LogP contribution in [0.2, 0.25) is 0 Å². The number of ether oxygens (including phenoxy) is 1. The first-order valence-corrected chi connectivity index (χ1v) is 2.54. The minimum Gasteiger partial charge on any atom is -0.463 e. The fourth-order valence-electron chi connectivity index (χ4n) is 0.277. The van der Waals surface area contributed by atoms with Gasteiger partial charge < -0.3 is 10.5 Å². The number of hydrogen-bond donors (Lipinski definition) is 1. The predicted octanol–water partition coefficient (Wildman–Crippen LogP) is -0.825. The summed E-state index contributed by atoms with van der Waals surface area (Å²) in [6, 6.07) is 0. The Morgan fingerprint density at radius 3 is 2.70 bits per heavy atom. The van der Waals surface area contributed by atoms with Crippen LogP contribution in [0.1, 0.15) is 0 Å². The van der Waals surface area contributed by atoms with Crippen molar-refractivity contribution in [2.45, 2.75) is 0 Å². The summed E-state index contributed by atoms with van der Waals surface area (Å²) in [6.45, 7) is 0. The Balaban J connectivity index is 4.05. The zero-order valence-electron chi connectivity index (χ0n) is 5.87. The number of rotatable bonds is 1. The van der Waals surface area contributed by atoms with Crippen LogP contribution in [0.3, 0.4) is 0 Å². The summed E-state index contributed by atoms with van der Waals surface area (Å²) in [4.78, 5) is 17.4. The molecule has 0 rings (SSSR count). The van der Waals surface area contributed by atoms with Crippen LogP contribution in [0.25, 0.3) is 0 Å². The third-order valence-corrected chi connectivity index (χ3v) is 0.707. The number of esters is 1. The molecule has 0 aromatic carbocycles. The number of nitrogens with zero attached hydrogens (tertiary/aromatic N) is 2. The van der Waals surface area contributed by atoms with E-state index in [1.54, 1.807) is 0 Å². The molecule has 0 spiro atoms. The van der Waals surface area contributed by atoms with Crippen LogP contribution < -0.4 is 5.73 Å². The third kappa shape index (κ3) is 2.81. The van der Waals surface area contributed by atoms with Gasteiger partial charge in [0.25, 0.3) is 0 Å². The molecule has 0 aliphatic rings. The molecule has 0 radical (unpaired) electrons. The van der Waals surface area contributed by atoms with Gasteiger partial charge in [-0.2, -0.15) is 0 Å². The normalized spacial score (nSPS) is 12.0. The molecule has 0 saturated carbocycles. The van der Waals surface area contributed by atoms with Crippen molar-refractivity contribution in [3.63, 3.8) is 0 Å². The first-order valence-electron chi connectivity index (χ1n) is 2.54. The van der Waals surface area contributed by atoms with Gasteiger partial charge in [-0.15, -0.1) is 0 Å². The van der Waals surface area contributed by atoms with Gasteiger partial charge in [-0.05, 0) is 0 Å². The standard InChI is InChI=1S/C5H9N3O2/c1-7-3-8-4(6)5(9)10-2/h3H,1-2H3,(H2,6,7,8). The Morgan fingerprint density at radius 2 is 2.30 bits per heavy atom. The molecule has 0 aromatic rings. The lowest BCUT2D eigenvalue weighted by Crippen LogP contribution is -2.24. The van der Waals surface area contributed by atoms with Crippen molar-refractivity contribution in [1.29, 1.82) is 0 Å². The summed E-state index contributed by atoms with van der Waals surface area (Å²) in [5, 5.41) is 0. The quantitative estimate of drug-likeness (QED) is 0.296. The van der Waals surface area contributed by atoms with Gasteiger partial charge in [0.1, 0.15) is 6.34 Å². The highest BCUT2D eigenvalue weighted by Gasteiger charge is 2.03. The molecular weight excluding hydrogens is 134 g/mol. The number of amidine groups is 1. The average Bonchev–Trinajstić information content (AvgIpc) is 1.98. The van der Waals surface area contributed by atoms with E-state index >= 15 is 0 Å². The smallest absolute Gasteiger partial charge is 0.373 e. The van der Waals surface area contributed by atoms with Crippen LogP contribution >= 0.6 is 0 Å². The maximum Gasteiger partial charge on any atom is 0.373 e. The van der Waals surface area contributed by atoms with E-state index in [0.717, 1.165) is 0 Å². The predicted molar refractivity (Wildman–Crippen MR) is 38.1 cm³/mol. The zero-order chi connectivity index (χ0) is 7.98. The highest BCUT2D eigenvalue weighted by Crippen LogP contribution is 1.73. The van der Waals surface area contributed by atoms with E-state index < -0.39 is 5.97 Å². The lowest BCUT2D eigenvalue weighted by atomic mass is 10.6. The highest BCUT2D eigenvalue weighted by molar-refractivity contribution is 6.35. The summed E-state index contributed by atoms with van der Waals surface area (Å²) in [6.07, 6.45) is 1.17. The molecule has 10 heavy (non-hydrogen) atoms. The van der Waals surface area contributed by atoms with Gasteiger partial charge in [-0.1, -0.05) is 0 Å². The Bertz CT molecular complexity index is 174. The lowest BCUT2D eigenvalue weighted by molar-refractivity contribution is -0.132. The molecule has 0 unspecified atom stereocenters. The third-order valence-electron chi connectivity index (χ3n) is 0.707. The molecule has 2 N–H and O–H groups in total. The molecular formula is C5H9N3O2. The molecule has 0 fully saturated rings. The van der Waals surface area contributed by atoms with Crippen molar-refractivity contribution in [2.75, 3.05) is 14.2 Å². The van der Waals surface area contributed by atoms with Crippen LogP contribution in [0.15, 0.2) is 9.98 Å². The first-order chi connectivity index (χ1) is 4.72. The fraction of sp³-hybridized carbons (Fsp3) is 0.400. The first kappa shape index (κ1) is 8.61. The van der Waals surface area contributed by atoms with Gasteiger partial charge in [0, 0.05) is 7.05 Å². The summed E-state index contributed by atoms with van der Waals surface area (Å²) < 4.78 is 4.25. The molecule has 0 aliphatic carbocycles. The van der Waals surface area contributed by atoms with Crippen molar-refractivity contribution in [1.82, 2.24) is 0 Å². The molecule has 0 heterocycles. The van der Waals surface area contributed by atoms with E-state index in [9.17, 15) is 4.79 Å². The molecule has 5 nitrogen and oxygen atoms in total. The monoisotopic (exact) mass is 143 g/mol. The summed E-state index contributed by atoms with van der Waals surface area (Å²) in [5.41, 5.74) is 5.10. The molecule has 0 aromatic heterocycles. The average molecular weight is 143 g/mol. The van der Waals surface area contributed by atoms with Gasteiger partial charge in [-0.3, -0.25) is 4.99 Å². The van der Waals surface area contributed by atoms with Crippen LogP contribution in [0.5, 0.6) is 0 Å². The molecule has 0 saturated heterocycles.